The smallest absolute Gasteiger partial charge is 0.252 e. The van der Waals surface area contributed by atoms with Crippen molar-refractivity contribution in [2.24, 2.45) is 0 Å². The Morgan fingerprint density at radius 1 is 1.14 bits per heavy atom. The van der Waals surface area contributed by atoms with Crippen LogP contribution in [0.15, 0.2) is 60.9 Å². The van der Waals surface area contributed by atoms with E-state index >= 15 is 0 Å². The van der Waals surface area contributed by atoms with E-state index in [1.54, 1.807) is 31.6 Å². The Bertz CT molecular complexity index is 961. The van der Waals surface area contributed by atoms with E-state index in [0.717, 1.165) is 17.7 Å². The maximum absolute atomic E-state index is 12.4. The highest BCUT2D eigenvalue weighted by atomic mass is 35.5. The number of hydrogen-bond donors (Lipinski definition) is 2. The molecule has 0 fully saturated rings. The molecule has 0 aliphatic heterocycles. The zero-order chi connectivity index (χ0) is 19.9. The lowest BCUT2D eigenvalue weighted by Gasteiger charge is -2.13. The van der Waals surface area contributed by atoms with E-state index < -0.39 is 0 Å². The number of nitrogens with one attached hydrogen (secondary N) is 2. The van der Waals surface area contributed by atoms with Crippen molar-refractivity contribution >= 4 is 28.9 Å². The van der Waals surface area contributed by atoms with Gasteiger partial charge in [0.2, 0.25) is 0 Å². The summed E-state index contributed by atoms with van der Waals surface area (Å²) in [6.07, 6.45) is 3.98. The summed E-state index contributed by atoms with van der Waals surface area (Å²) in [5.41, 5.74) is 4.04. The number of halogens is 1. The van der Waals surface area contributed by atoms with Crippen LogP contribution in [0.1, 0.15) is 21.5 Å². The fourth-order valence-electron chi connectivity index (χ4n) is 2.78. The zero-order valence-electron chi connectivity index (χ0n) is 15.8. The van der Waals surface area contributed by atoms with E-state index in [0.29, 0.717) is 28.6 Å². The molecule has 2 aromatic carbocycles. The molecule has 0 spiro atoms. The van der Waals surface area contributed by atoms with E-state index in [-0.39, 0.29) is 5.91 Å². The number of nitrogens with zero attached hydrogens (tertiary/aromatic N) is 1. The van der Waals surface area contributed by atoms with Crippen LogP contribution >= 0.6 is 11.6 Å². The van der Waals surface area contributed by atoms with Gasteiger partial charge in [0.05, 0.1) is 30.2 Å². The molecule has 0 aliphatic rings. The van der Waals surface area contributed by atoms with Crippen molar-refractivity contribution in [1.82, 2.24) is 10.3 Å². The van der Waals surface area contributed by atoms with Gasteiger partial charge in [-0.15, -0.1) is 0 Å². The van der Waals surface area contributed by atoms with Gasteiger partial charge in [-0.25, -0.2) is 0 Å². The van der Waals surface area contributed by atoms with Crippen LogP contribution in [0.5, 0.6) is 5.75 Å². The number of methoxy groups -OCH3 is 1. The second-order valence-corrected chi connectivity index (χ2v) is 6.79. The number of amides is 1. The summed E-state index contributed by atoms with van der Waals surface area (Å²) in [5.74, 6) is 0.458. The molecule has 0 saturated carbocycles. The van der Waals surface area contributed by atoms with Crippen molar-refractivity contribution in [2.75, 3.05) is 19.0 Å². The van der Waals surface area contributed by atoms with E-state index in [1.807, 2.05) is 43.3 Å². The summed E-state index contributed by atoms with van der Waals surface area (Å²) in [5, 5.41) is 6.80. The Kier molecular flexibility index (Phi) is 6.50. The highest BCUT2D eigenvalue weighted by molar-refractivity contribution is 6.31. The van der Waals surface area contributed by atoms with Gasteiger partial charge in [-0.1, -0.05) is 41.9 Å². The van der Waals surface area contributed by atoms with E-state index in [4.69, 9.17) is 16.3 Å². The van der Waals surface area contributed by atoms with Gasteiger partial charge in [0.25, 0.3) is 5.91 Å². The summed E-state index contributed by atoms with van der Waals surface area (Å²) in [4.78, 5) is 16.6. The molecule has 0 unspecified atom stereocenters. The first-order valence-electron chi connectivity index (χ1n) is 8.95. The van der Waals surface area contributed by atoms with E-state index in [9.17, 15) is 4.79 Å². The summed E-state index contributed by atoms with van der Waals surface area (Å²) in [6, 6.07) is 15.4. The number of carbonyl (C=O) groups excluding carboxylic acids is 1. The third-order valence-electron chi connectivity index (χ3n) is 4.30. The first-order valence-corrected chi connectivity index (χ1v) is 9.33. The summed E-state index contributed by atoms with van der Waals surface area (Å²) in [7, 11) is 1.58. The minimum Gasteiger partial charge on any atom is -0.495 e. The standard InChI is InChI=1S/C22H22ClN3O2/c1-15-10-20(21(28-2)12-19(15)23)26-18-11-17(13-24-14-18)22(27)25-9-8-16-6-4-3-5-7-16/h3-7,10-14,26H,8-9H2,1-2H3,(H,25,27). The van der Waals surface area contributed by atoms with Crippen LogP contribution in [0.3, 0.4) is 0 Å². The maximum Gasteiger partial charge on any atom is 0.252 e. The molecule has 6 heteroatoms. The van der Waals surface area contributed by atoms with Crippen LogP contribution in [-0.2, 0) is 6.42 Å². The highest BCUT2D eigenvalue weighted by Crippen LogP contribution is 2.33. The van der Waals surface area contributed by atoms with Gasteiger partial charge >= 0.3 is 0 Å². The fraction of sp³-hybridized carbons (Fsp3) is 0.182. The molecule has 3 aromatic rings. The normalized spacial score (nSPS) is 10.4. The maximum atomic E-state index is 12.4. The monoisotopic (exact) mass is 395 g/mol. The molecule has 28 heavy (non-hydrogen) atoms. The second-order valence-electron chi connectivity index (χ2n) is 6.38. The van der Waals surface area contributed by atoms with Crippen molar-refractivity contribution in [3.8, 4) is 5.75 Å². The van der Waals surface area contributed by atoms with Gasteiger partial charge in [-0.2, -0.15) is 0 Å². The van der Waals surface area contributed by atoms with Crippen LogP contribution in [0.2, 0.25) is 5.02 Å². The molecule has 0 aliphatic carbocycles. The Morgan fingerprint density at radius 3 is 2.68 bits per heavy atom. The number of pyridine rings is 1. The lowest BCUT2D eigenvalue weighted by Crippen LogP contribution is -2.25. The minimum absolute atomic E-state index is 0.161. The molecule has 0 radical (unpaired) electrons. The Labute approximate surface area is 169 Å². The Hall–Kier alpha value is -3.05. The lowest BCUT2D eigenvalue weighted by atomic mass is 10.1. The summed E-state index contributed by atoms with van der Waals surface area (Å²) in [6.45, 7) is 2.48. The minimum atomic E-state index is -0.161. The number of aryl methyl sites for hydroxylation is 1. The number of rotatable bonds is 7. The molecule has 3 rings (SSSR count). The number of hydrogen-bond acceptors (Lipinski definition) is 4. The third-order valence-corrected chi connectivity index (χ3v) is 4.71. The third kappa shape index (κ3) is 5.02. The molecule has 5 nitrogen and oxygen atoms in total. The first kappa shape index (κ1) is 19.7. The van der Waals surface area contributed by atoms with Crippen LogP contribution in [0.4, 0.5) is 11.4 Å². The summed E-state index contributed by atoms with van der Waals surface area (Å²) < 4.78 is 5.38. The van der Waals surface area contributed by atoms with Crippen molar-refractivity contribution in [2.45, 2.75) is 13.3 Å². The van der Waals surface area contributed by atoms with Crippen molar-refractivity contribution < 1.29 is 9.53 Å². The number of carbonyl (C=O) groups is 1. The zero-order valence-corrected chi connectivity index (χ0v) is 16.6. The number of anilines is 2. The SMILES string of the molecule is COc1cc(Cl)c(C)cc1Nc1cncc(C(=O)NCCc2ccccc2)c1. The first-order chi connectivity index (χ1) is 13.6. The lowest BCUT2D eigenvalue weighted by molar-refractivity contribution is 0.0954. The van der Waals surface area contributed by atoms with Crippen molar-refractivity contribution in [1.29, 1.82) is 0 Å². The van der Waals surface area contributed by atoms with Gasteiger partial charge in [-0.05, 0) is 36.6 Å². The predicted molar refractivity (Wildman–Crippen MR) is 113 cm³/mol. The second kappa shape index (κ2) is 9.24. The molecule has 1 heterocycles. The van der Waals surface area contributed by atoms with Gasteiger partial charge < -0.3 is 15.4 Å². The average molecular weight is 396 g/mol. The van der Waals surface area contributed by atoms with Gasteiger partial charge in [-0.3, -0.25) is 9.78 Å². The van der Waals surface area contributed by atoms with Gasteiger partial charge in [0, 0.05) is 23.8 Å². The van der Waals surface area contributed by atoms with Crippen LogP contribution in [-0.4, -0.2) is 24.5 Å². The largest absolute Gasteiger partial charge is 0.495 e. The predicted octanol–water partition coefficient (Wildman–Crippen LogP) is 4.77. The van der Waals surface area contributed by atoms with Crippen LogP contribution < -0.4 is 15.4 Å². The summed E-state index contributed by atoms with van der Waals surface area (Å²) >= 11 is 6.15. The molecule has 144 valence electrons. The number of aromatic nitrogens is 1. The molecular weight excluding hydrogens is 374 g/mol. The van der Waals surface area contributed by atoms with E-state index in [1.165, 1.54) is 5.56 Å². The quantitative estimate of drug-likeness (QED) is 0.605. The van der Waals surface area contributed by atoms with Crippen molar-refractivity contribution in [3.63, 3.8) is 0 Å². The molecule has 0 bridgehead atoms. The highest BCUT2D eigenvalue weighted by Gasteiger charge is 2.10. The molecule has 0 saturated heterocycles. The van der Waals surface area contributed by atoms with Crippen LogP contribution in [0.25, 0.3) is 0 Å². The molecule has 0 atom stereocenters. The average Bonchev–Trinajstić information content (AvgIpc) is 2.71. The molecular formula is C22H22ClN3O2. The van der Waals surface area contributed by atoms with E-state index in [2.05, 4.69) is 15.6 Å². The Balaban J connectivity index is 1.67. The molecule has 2 N–H and O–H groups in total. The Morgan fingerprint density at radius 2 is 1.93 bits per heavy atom. The number of benzene rings is 2. The van der Waals surface area contributed by atoms with Gasteiger partial charge in [0.1, 0.15) is 5.75 Å². The fourth-order valence-corrected chi connectivity index (χ4v) is 2.94. The van der Waals surface area contributed by atoms with Gasteiger partial charge in [0.15, 0.2) is 0 Å². The number of ether oxygens (including phenoxy) is 1. The molecule has 1 aromatic heterocycles. The molecule has 1 amide bonds. The topological polar surface area (TPSA) is 63.2 Å². The van der Waals surface area contributed by atoms with Crippen molar-refractivity contribution in [3.05, 3.63) is 82.6 Å². The van der Waals surface area contributed by atoms with Crippen LogP contribution in [0, 0.1) is 6.92 Å².